The van der Waals surface area contributed by atoms with E-state index in [1.54, 1.807) is 6.08 Å². The minimum absolute atomic E-state index is 0.144. The topological polar surface area (TPSA) is 89.9 Å². The molecule has 1 fully saturated rings. The number of hydrogen-bond acceptors (Lipinski definition) is 6. The highest BCUT2D eigenvalue weighted by molar-refractivity contribution is 5.92. The number of aliphatic hydroxyl groups is 1. The Morgan fingerprint density at radius 2 is 2.04 bits per heavy atom. The van der Waals surface area contributed by atoms with Crippen molar-refractivity contribution in [3.05, 3.63) is 36.0 Å². The van der Waals surface area contributed by atoms with Crippen molar-refractivity contribution >= 4 is 17.7 Å². The number of carbonyl (C=O) groups is 3. The molecule has 0 spiro atoms. The van der Waals surface area contributed by atoms with Crippen LogP contribution in [0.5, 0.6) is 0 Å². The van der Waals surface area contributed by atoms with Crippen LogP contribution in [-0.4, -0.2) is 40.6 Å². The predicted octanol–water partition coefficient (Wildman–Crippen LogP) is 2.02. The summed E-state index contributed by atoms with van der Waals surface area (Å²) in [5.41, 5.74) is -0.484. The van der Waals surface area contributed by atoms with Crippen molar-refractivity contribution in [1.82, 2.24) is 0 Å². The van der Waals surface area contributed by atoms with Gasteiger partial charge in [0.15, 0.2) is 5.78 Å². The molecule has 0 radical (unpaired) electrons. The molecule has 1 aliphatic heterocycles. The first-order valence-electron chi connectivity index (χ1n) is 8.22. The van der Waals surface area contributed by atoms with E-state index < -0.39 is 35.7 Å². The van der Waals surface area contributed by atoms with E-state index in [1.807, 2.05) is 6.92 Å². The second kappa shape index (κ2) is 6.96. The van der Waals surface area contributed by atoms with Crippen molar-refractivity contribution in [2.75, 3.05) is 0 Å². The Kier molecular flexibility index (Phi) is 5.32. The van der Waals surface area contributed by atoms with Gasteiger partial charge in [-0.15, -0.1) is 0 Å². The van der Waals surface area contributed by atoms with Gasteiger partial charge in [-0.1, -0.05) is 18.7 Å². The highest BCUT2D eigenvalue weighted by atomic mass is 16.6. The van der Waals surface area contributed by atoms with Crippen molar-refractivity contribution < 1.29 is 29.0 Å². The molecule has 1 saturated heterocycles. The van der Waals surface area contributed by atoms with Crippen LogP contribution in [0.1, 0.15) is 40.0 Å². The summed E-state index contributed by atoms with van der Waals surface area (Å²) in [5.74, 6) is -2.23. The molecule has 0 aromatic carbocycles. The molecule has 6 heteroatoms. The minimum Gasteiger partial charge on any atom is -0.458 e. The van der Waals surface area contributed by atoms with Gasteiger partial charge in [0.05, 0.1) is 5.92 Å². The largest absolute Gasteiger partial charge is 0.458 e. The molecule has 2 aliphatic rings. The lowest BCUT2D eigenvalue weighted by Gasteiger charge is -2.32. The van der Waals surface area contributed by atoms with Crippen LogP contribution in [0.2, 0.25) is 0 Å². The highest BCUT2D eigenvalue weighted by Crippen LogP contribution is 2.37. The summed E-state index contributed by atoms with van der Waals surface area (Å²) in [5, 5.41) is 10.6. The summed E-state index contributed by atoms with van der Waals surface area (Å²) >= 11 is 0. The summed E-state index contributed by atoms with van der Waals surface area (Å²) in [6.45, 7) is 12.0. The number of Topliss-reactive ketones (excluding diaryl/α,β-unsaturated/α-hetero) is 1. The number of carbonyl (C=O) groups excluding carboxylic acids is 3. The first-order valence-corrected chi connectivity index (χ1v) is 8.22. The molecule has 4 atom stereocenters. The van der Waals surface area contributed by atoms with Gasteiger partial charge >= 0.3 is 11.9 Å². The molecule has 4 unspecified atom stereocenters. The van der Waals surface area contributed by atoms with Crippen LogP contribution in [0.4, 0.5) is 0 Å². The van der Waals surface area contributed by atoms with Gasteiger partial charge in [-0.25, -0.2) is 9.59 Å². The first kappa shape index (κ1) is 19.1. The number of ether oxygens (including phenoxy) is 2. The summed E-state index contributed by atoms with van der Waals surface area (Å²) in [4.78, 5) is 36.4. The van der Waals surface area contributed by atoms with E-state index in [1.165, 1.54) is 13.8 Å². The van der Waals surface area contributed by atoms with E-state index in [0.717, 1.165) is 5.57 Å². The normalized spacial score (nSPS) is 33.2. The second-order valence-electron chi connectivity index (χ2n) is 7.06. The molecule has 136 valence electrons. The third kappa shape index (κ3) is 4.07. The van der Waals surface area contributed by atoms with Crippen molar-refractivity contribution in [2.45, 2.75) is 57.8 Å². The second-order valence-corrected chi connectivity index (χ2v) is 7.06. The maximum Gasteiger partial charge on any atom is 0.334 e. The lowest BCUT2D eigenvalue weighted by atomic mass is 9.80. The molecule has 1 N–H and O–H groups in total. The van der Waals surface area contributed by atoms with Gasteiger partial charge in [0, 0.05) is 24.0 Å². The summed E-state index contributed by atoms with van der Waals surface area (Å²) in [6, 6.07) is 0. The Bertz CT molecular complexity index is 669. The Balaban J connectivity index is 2.47. The molecule has 0 amide bonds. The molecule has 1 aliphatic carbocycles. The lowest BCUT2D eigenvalue weighted by Crippen LogP contribution is -2.44. The van der Waals surface area contributed by atoms with Crippen LogP contribution in [0.15, 0.2) is 36.0 Å². The van der Waals surface area contributed by atoms with Gasteiger partial charge in [0.1, 0.15) is 17.8 Å². The predicted molar refractivity (Wildman–Crippen MR) is 90.4 cm³/mol. The highest BCUT2D eigenvalue weighted by Gasteiger charge is 2.48. The van der Waals surface area contributed by atoms with E-state index >= 15 is 0 Å². The molecular formula is C19H24O6. The smallest absolute Gasteiger partial charge is 0.334 e. The summed E-state index contributed by atoms with van der Waals surface area (Å²) < 4.78 is 10.8. The number of fused-ring (bicyclic) bond motifs is 1. The number of allylic oxidation sites excluding steroid dienone is 1. The summed E-state index contributed by atoms with van der Waals surface area (Å²) in [6.07, 6.45) is 0.645. The van der Waals surface area contributed by atoms with Crippen LogP contribution in [0.25, 0.3) is 0 Å². The van der Waals surface area contributed by atoms with E-state index in [4.69, 9.17) is 9.47 Å². The Hall–Kier alpha value is -2.21. The first-order chi connectivity index (χ1) is 11.5. The van der Waals surface area contributed by atoms with Crippen molar-refractivity contribution in [3.63, 3.8) is 0 Å². The molecule has 0 bridgehead atoms. The molecule has 6 nitrogen and oxygen atoms in total. The van der Waals surface area contributed by atoms with Gasteiger partial charge in [-0.05, 0) is 33.3 Å². The average Bonchev–Trinajstić information content (AvgIpc) is 2.77. The van der Waals surface area contributed by atoms with Gasteiger partial charge in [-0.3, -0.25) is 4.79 Å². The van der Waals surface area contributed by atoms with Gasteiger partial charge in [0.25, 0.3) is 0 Å². The SMILES string of the molecule is C=C(C)C(=O)OC1CC(C)(O)C(=O)CCC(C)=CC2OC(=O)C(=C)C21. The van der Waals surface area contributed by atoms with Crippen LogP contribution in [0, 0.1) is 5.92 Å². The van der Waals surface area contributed by atoms with E-state index in [0.29, 0.717) is 6.42 Å². The summed E-state index contributed by atoms with van der Waals surface area (Å²) in [7, 11) is 0. The van der Waals surface area contributed by atoms with E-state index in [-0.39, 0.29) is 29.8 Å². The molecule has 25 heavy (non-hydrogen) atoms. The van der Waals surface area contributed by atoms with Crippen LogP contribution in [-0.2, 0) is 23.9 Å². The molecule has 0 aromatic heterocycles. The molecule has 1 heterocycles. The maximum absolute atomic E-state index is 12.3. The fourth-order valence-corrected chi connectivity index (χ4v) is 3.11. The van der Waals surface area contributed by atoms with Crippen molar-refractivity contribution in [2.24, 2.45) is 5.92 Å². The van der Waals surface area contributed by atoms with E-state index in [9.17, 15) is 19.5 Å². The average molecular weight is 348 g/mol. The van der Waals surface area contributed by atoms with Crippen molar-refractivity contribution in [1.29, 1.82) is 0 Å². The Morgan fingerprint density at radius 3 is 2.64 bits per heavy atom. The fraction of sp³-hybridized carbons (Fsp3) is 0.526. The maximum atomic E-state index is 12.3. The van der Waals surface area contributed by atoms with Crippen LogP contribution in [0.3, 0.4) is 0 Å². The quantitative estimate of drug-likeness (QED) is 0.466. The van der Waals surface area contributed by atoms with Crippen molar-refractivity contribution in [3.8, 4) is 0 Å². The third-order valence-corrected chi connectivity index (χ3v) is 4.66. The Labute approximate surface area is 147 Å². The molecule has 0 aromatic rings. The fourth-order valence-electron chi connectivity index (χ4n) is 3.11. The third-order valence-electron chi connectivity index (χ3n) is 4.66. The minimum atomic E-state index is -1.69. The van der Waals surface area contributed by atoms with Gasteiger partial charge in [0.2, 0.25) is 0 Å². The zero-order chi connectivity index (χ0) is 18.9. The standard InChI is InChI=1S/C19H24O6/c1-10(2)17(21)25-14-9-19(5,23)15(20)7-6-11(3)8-13-16(14)12(4)18(22)24-13/h8,13-14,16,23H,1,4,6-7,9H2,2-3,5H3. The molecule has 0 saturated carbocycles. The molecule has 2 rings (SSSR count). The number of esters is 2. The monoisotopic (exact) mass is 348 g/mol. The number of hydrogen-bond donors (Lipinski definition) is 1. The number of ketones is 1. The van der Waals surface area contributed by atoms with Crippen LogP contribution < -0.4 is 0 Å². The van der Waals surface area contributed by atoms with Gasteiger partial charge < -0.3 is 14.6 Å². The zero-order valence-electron chi connectivity index (χ0n) is 14.8. The van der Waals surface area contributed by atoms with Gasteiger partial charge in [-0.2, -0.15) is 0 Å². The number of rotatable bonds is 2. The van der Waals surface area contributed by atoms with E-state index in [2.05, 4.69) is 13.2 Å². The zero-order valence-corrected chi connectivity index (χ0v) is 14.8. The Morgan fingerprint density at radius 1 is 1.40 bits per heavy atom. The van der Waals surface area contributed by atoms with Crippen LogP contribution >= 0.6 is 0 Å². The lowest BCUT2D eigenvalue weighted by molar-refractivity contribution is -0.155. The molecular weight excluding hydrogens is 324 g/mol.